The van der Waals surface area contributed by atoms with Crippen molar-refractivity contribution in [3.05, 3.63) is 100 Å². The van der Waals surface area contributed by atoms with Crippen molar-refractivity contribution in [1.82, 2.24) is 5.32 Å². The number of benzene rings is 1. The molecule has 0 aliphatic rings. The molecule has 4 nitrogen and oxygen atoms in total. The number of amides is 1. The van der Waals surface area contributed by atoms with Gasteiger partial charge in [0.05, 0.1) is 5.57 Å². The smallest absolute Gasteiger partial charge is 0.253 e. The van der Waals surface area contributed by atoms with E-state index in [1.165, 1.54) is 5.57 Å². The molecule has 0 bridgehead atoms. The SMILES string of the molecule is C=C/C=C(\C=C)Oc1ccc(CNC(=O)C(/C=C(/Br)C=C(C)CC)=C(/C)N)cc1. The van der Waals surface area contributed by atoms with Gasteiger partial charge in [-0.25, -0.2) is 0 Å². The summed E-state index contributed by atoms with van der Waals surface area (Å²) in [5.74, 6) is 1.06. The Morgan fingerprint density at radius 3 is 2.38 bits per heavy atom. The first-order chi connectivity index (χ1) is 13.8. The molecular weight excluding hydrogens is 428 g/mol. The van der Waals surface area contributed by atoms with E-state index in [1.807, 2.05) is 37.3 Å². The van der Waals surface area contributed by atoms with Gasteiger partial charge in [-0.05, 0) is 62.3 Å². The molecule has 0 saturated heterocycles. The summed E-state index contributed by atoms with van der Waals surface area (Å²) in [5.41, 5.74) is 8.95. The summed E-state index contributed by atoms with van der Waals surface area (Å²) in [6.45, 7) is 13.5. The van der Waals surface area contributed by atoms with Crippen LogP contribution in [0.15, 0.2) is 94.9 Å². The number of allylic oxidation sites excluding steroid dienone is 7. The highest BCUT2D eigenvalue weighted by molar-refractivity contribution is 9.11. The Bertz CT molecular complexity index is 855. The van der Waals surface area contributed by atoms with Crippen LogP contribution in [0.5, 0.6) is 5.75 Å². The van der Waals surface area contributed by atoms with Crippen molar-refractivity contribution in [3.63, 3.8) is 0 Å². The summed E-state index contributed by atoms with van der Waals surface area (Å²) in [5, 5.41) is 2.90. The molecule has 154 valence electrons. The summed E-state index contributed by atoms with van der Waals surface area (Å²) < 4.78 is 6.49. The lowest BCUT2D eigenvalue weighted by atomic mass is 10.1. The first kappa shape index (κ1) is 24.2. The molecule has 0 unspecified atom stereocenters. The quantitative estimate of drug-likeness (QED) is 0.265. The van der Waals surface area contributed by atoms with Crippen LogP contribution in [0.1, 0.15) is 32.8 Å². The van der Waals surface area contributed by atoms with E-state index < -0.39 is 0 Å². The molecule has 0 atom stereocenters. The van der Waals surface area contributed by atoms with Gasteiger partial charge in [0.15, 0.2) is 0 Å². The van der Waals surface area contributed by atoms with E-state index in [1.54, 1.807) is 31.2 Å². The number of halogens is 1. The molecule has 1 amide bonds. The molecule has 0 saturated carbocycles. The van der Waals surface area contributed by atoms with Gasteiger partial charge >= 0.3 is 0 Å². The van der Waals surface area contributed by atoms with Gasteiger partial charge in [0, 0.05) is 16.7 Å². The number of nitrogens with two attached hydrogens (primary N) is 1. The molecule has 0 heterocycles. The van der Waals surface area contributed by atoms with Gasteiger partial charge < -0.3 is 15.8 Å². The maximum atomic E-state index is 12.6. The monoisotopic (exact) mass is 456 g/mol. The molecule has 3 N–H and O–H groups in total. The molecule has 0 aliphatic carbocycles. The zero-order valence-electron chi connectivity index (χ0n) is 17.3. The van der Waals surface area contributed by atoms with Gasteiger partial charge in [-0.15, -0.1) is 0 Å². The van der Waals surface area contributed by atoms with Crippen molar-refractivity contribution in [1.29, 1.82) is 0 Å². The molecule has 0 aliphatic heterocycles. The van der Waals surface area contributed by atoms with Crippen LogP contribution in [0.25, 0.3) is 0 Å². The topological polar surface area (TPSA) is 64.3 Å². The van der Waals surface area contributed by atoms with E-state index in [9.17, 15) is 4.79 Å². The average Bonchev–Trinajstić information content (AvgIpc) is 2.70. The van der Waals surface area contributed by atoms with Crippen molar-refractivity contribution in [2.45, 2.75) is 33.7 Å². The Kier molecular flexibility index (Phi) is 10.6. The maximum absolute atomic E-state index is 12.6. The highest BCUT2D eigenvalue weighted by Crippen LogP contribution is 2.18. The maximum Gasteiger partial charge on any atom is 0.253 e. The summed E-state index contributed by atoms with van der Waals surface area (Å²) >= 11 is 3.48. The van der Waals surface area contributed by atoms with Crippen molar-refractivity contribution in [3.8, 4) is 5.75 Å². The van der Waals surface area contributed by atoms with E-state index >= 15 is 0 Å². The zero-order chi connectivity index (χ0) is 21.8. The molecular formula is C24H29BrN2O2. The van der Waals surface area contributed by atoms with Gasteiger partial charge in [-0.2, -0.15) is 0 Å². The molecule has 29 heavy (non-hydrogen) atoms. The van der Waals surface area contributed by atoms with E-state index in [2.05, 4.69) is 41.3 Å². The minimum atomic E-state index is -0.229. The predicted octanol–water partition coefficient (Wildman–Crippen LogP) is 5.81. The zero-order valence-corrected chi connectivity index (χ0v) is 18.9. The van der Waals surface area contributed by atoms with Crippen LogP contribution in [0, 0.1) is 0 Å². The van der Waals surface area contributed by atoms with E-state index in [0.717, 1.165) is 16.5 Å². The first-order valence-electron chi connectivity index (χ1n) is 9.31. The van der Waals surface area contributed by atoms with Crippen LogP contribution in [-0.4, -0.2) is 5.91 Å². The number of carbonyl (C=O) groups excluding carboxylic acids is 1. The molecule has 1 rings (SSSR count). The number of ether oxygens (including phenoxy) is 1. The average molecular weight is 457 g/mol. The lowest BCUT2D eigenvalue weighted by molar-refractivity contribution is -0.117. The summed E-state index contributed by atoms with van der Waals surface area (Å²) in [6, 6.07) is 7.45. The number of carbonyl (C=O) groups is 1. The van der Waals surface area contributed by atoms with Crippen LogP contribution in [0.3, 0.4) is 0 Å². The van der Waals surface area contributed by atoms with Crippen LogP contribution < -0.4 is 15.8 Å². The normalized spacial score (nSPS) is 13.4. The predicted molar refractivity (Wildman–Crippen MR) is 125 cm³/mol. The van der Waals surface area contributed by atoms with Gasteiger partial charge in [0.25, 0.3) is 5.91 Å². The fraction of sp³-hybridized carbons (Fsp3) is 0.208. The molecule has 0 aromatic heterocycles. The van der Waals surface area contributed by atoms with Gasteiger partial charge in [-0.1, -0.05) is 59.8 Å². The van der Waals surface area contributed by atoms with Crippen LogP contribution in [0.4, 0.5) is 0 Å². The standard InChI is InChI=1S/C24H29BrN2O2/c1-6-9-21(8-3)29-22-12-10-19(11-13-22)16-27-24(28)23(18(5)26)15-20(25)14-17(4)7-2/h6,8-15H,1,3,7,16,26H2,2,4-5H3,(H,27,28)/b17-14?,20-15+,21-9+,23-18-. The molecule has 5 heteroatoms. The third kappa shape index (κ3) is 8.83. The first-order valence-corrected chi connectivity index (χ1v) is 10.1. The molecule has 1 aromatic rings. The number of hydrogen-bond donors (Lipinski definition) is 2. The Labute approximate surface area is 182 Å². The second-order valence-electron chi connectivity index (χ2n) is 6.41. The third-order valence-electron chi connectivity index (χ3n) is 3.99. The lowest BCUT2D eigenvalue weighted by Gasteiger charge is -2.10. The second kappa shape index (κ2) is 12.6. The van der Waals surface area contributed by atoms with Crippen LogP contribution in [-0.2, 0) is 11.3 Å². The van der Waals surface area contributed by atoms with Gasteiger partial charge in [-0.3, -0.25) is 4.79 Å². The van der Waals surface area contributed by atoms with Crippen molar-refractivity contribution < 1.29 is 9.53 Å². The summed E-state index contributed by atoms with van der Waals surface area (Å²) in [6.07, 6.45) is 9.64. The fourth-order valence-electron chi connectivity index (χ4n) is 2.22. The van der Waals surface area contributed by atoms with Gasteiger partial charge in [0.2, 0.25) is 0 Å². The van der Waals surface area contributed by atoms with E-state index in [0.29, 0.717) is 29.3 Å². The van der Waals surface area contributed by atoms with Gasteiger partial charge in [0.1, 0.15) is 11.5 Å². The Hall–Kier alpha value is -2.79. The number of hydrogen-bond acceptors (Lipinski definition) is 3. The lowest BCUT2D eigenvalue weighted by Crippen LogP contribution is -2.25. The third-order valence-corrected chi connectivity index (χ3v) is 4.45. The second-order valence-corrected chi connectivity index (χ2v) is 7.32. The molecule has 0 spiro atoms. The van der Waals surface area contributed by atoms with E-state index in [-0.39, 0.29) is 5.91 Å². The fourth-order valence-corrected chi connectivity index (χ4v) is 2.84. The highest BCUT2D eigenvalue weighted by atomic mass is 79.9. The Morgan fingerprint density at radius 2 is 1.86 bits per heavy atom. The largest absolute Gasteiger partial charge is 0.457 e. The number of nitrogens with one attached hydrogen (secondary N) is 1. The number of rotatable bonds is 10. The minimum Gasteiger partial charge on any atom is -0.457 e. The highest BCUT2D eigenvalue weighted by Gasteiger charge is 2.10. The summed E-state index contributed by atoms with van der Waals surface area (Å²) in [7, 11) is 0. The minimum absolute atomic E-state index is 0.229. The van der Waals surface area contributed by atoms with Crippen molar-refractivity contribution in [2.75, 3.05) is 0 Å². The summed E-state index contributed by atoms with van der Waals surface area (Å²) in [4.78, 5) is 12.6. The molecule has 0 radical (unpaired) electrons. The molecule has 0 fully saturated rings. The van der Waals surface area contributed by atoms with E-state index in [4.69, 9.17) is 10.5 Å². The molecule has 1 aromatic carbocycles. The Balaban J connectivity index is 2.80. The van der Waals surface area contributed by atoms with Crippen molar-refractivity contribution in [2.24, 2.45) is 5.73 Å². The van der Waals surface area contributed by atoms with Crippen LogP contribution in [0.2, 0.25) is 0 Å². The van der Waals surface area contributed by atoms with Crippen LogP contribution >= 0.6 is 15.9 Å². The van der Waals surface area contributed by atoms with Crippen molar-refractivity contribution >= 4 is 21.8 Å². The Morgan fingerprint density at radius 1 is 1.21 bits per heavy atom.